The molecule has 1 fully saturated rings. The van der Waals surface area contributed by atoms with Gasteiger partial charge in [-0.3, -0.25) is 4.68 Å². The average Bonchev–Trinajstić information content (AvgIpc) is 3.44. The number of rotatable bonds is 5. The van der Waals surface area contributed by atoms with E-state index in [1.807, 2.05) is 42.5 Å². The fraction of sp³-hybridized carbons (Fsp3) is 0.536. The number of ether oxygens (including phenoxy) is 3. The molecule has 3 aromatic rings. The number of aromatic nitrogens is 5. The van der Waals surface area contributed by atoms with Gasteiger partial charge in [0.15, 0.2) is 0 Å². The first-order valence-corrected chi connectivity index (χ1v) is 13.4. The molecule has 0 aromatic carbocycles. The van der Waals surface area contributed by atoms with E-state index in [0.717, 1.165) is 48.3 Å². The maximum atomic E-state index is 12.4. The quantitative estimate of drug-likeness (QED) is 0.486. The Labute approximate surface area is 228 Å². The molecular weight excluding hydrogens is 498 g/mol. The fourth-order valence-electron chi connectivity index (χ4n) is 5.17. The zero-order chi connectivity index (χ0) is 27.6. The minimum atomic E-state index is -0.487. The van der Waals surface area contributed by atoms with Crippen molar-refractivity contribution in [1.82, 2.24) is 29.4 Å². The second-order valence-electron chi connectivity index (χ2n) is 11.0. The highest BCUT2D eigenvalue weighted by Gasteiger charge is 2.28. The van der Waals surface area contributed by atoms with Crippen molar-refractivity contribution in [3.8, 4) is 28.9 Å². The highest BCUT2D eigenvalue weighted by Crippen LogP contribution is 2.31. The van der Waals surface area contributed by atoms with Crippen LogP contribution in [0, 0.1) is 17.2 Å². The van der Waals surface area contributed by atoms with E-state index in [9.17, 15) is 10.1 Å². The molecule has 0 spiro atoms. The Hall–Kier alpha value is -3.91. The molecule has 39 heavy (non-hydrogen) atoms. The lowest BCUT2D eigenvalue weighted by atomic mass is 9.97. The molecular formula is C28H35N7O4. The molecule has 11 heteroatoms. The van der Waals surface area contributed by atoms with Crippen LogP contribution in [0.3, 0.4) is 0 Å². The minimum absolute atomic E-state index is 0.239. The molecule has 11 nitrogen and oxygen atoms in total. The maximum absolute atomic E-state index is 12.4. The number of carbonyl (C=O) groups excluding carboxylic acids is 1. The van der Waals surface area contributed by atoms with Crippen LogP contribution in [0.4, 0.5) is 4.79 Å². The standard InChI is InChI=1S/C28H35N7O4/c1-28(2,3)39-27(36)33-9-5-19(6-10-33)17-34-18-21(15-31-34)25-23-7-11-38-12-8-24(23)35(32-25)22-13-20(14-29)26(37-4)30-16-22/h13,15-16,18-19H,5-12,17H2,1-4H3. The summed E-state index contributed by atoms with van der Waals surface area (Å²) in [6.45, 7) is 9.05. The van der Waals surface area contributed by atoms with Crippen molar-refractivity contribution in [2.24, 2.45) is 5.92 Å². The van der Waals surface area contributed by atoms with Crippen molar-refractivity contribution >= 4 is 6.09 Å². The summed E-state index contributed by atoms with van der Waals surface area (Å²) in [6.07, 6.45) is 8.61. The van der Waals surface area contributed by atoms with Gasteiger partial charge >= 0.3 is 6.09 Å². The van der Waals surface area contributed by atoms with Gasteiger partial charge in [-0.15, -0.1) is 0 Å². The van der Waals surface area contributed by atoms with Crippen LogP contribution in [0.15, 0.2) is 24.7 Å². The Morgan fingerprint density at radius 1 is 1.21 bits per heavy atom. The summed E-state index contributed by atoms with van der Waals surface area (Å²) in [7, 11) is 1.50. The number of piperidine rings is 1. The van der Waals surface area contributed by atoms with Crippen LogP contribution in [0.2, 0.25) is 0 Å². The molecule has 0 bridgehead atoms. The highest BCUT2D eigenvalue weighted by atomic mass is 16.6. The molecule has 3 aromatic heterocycles. The van der Waals surface area contributed by atoms with Crippen molar-refractivity contribution < 1.29 is 19.0 Å². The third-order valence-corrected chi connectivity index (χ3v) is 7.08. The van der Waals surface area contributed by atoms with Crippen LogP contribution in [0.5, 0.6) is 5.88 Å². The van der Waals surface area contributed by atoms with Crippen molar-refractivity contribution in [2.75, 3.05) is 33.4 Å². The minimum Gasteiger partial charge on any atom is -0.480 e. The Morgan fingerprint density at radius 3 is 2.69 bits per heavy atom. The molecule has 5 heterocycles. The number of hydrogen-bond acceptors (Lipinski definition) is 8. The normalized spacial score (nSPS) is 16.3. The third kappa shape index (κ3) is 5.91. The average molecular weight is 534 g/mol. The van der Waals surface area contributed by atoms with Gasteiger partial charge < -0.3 is 19.1 Å². The molecule has 0 N–H and O–H groups in total. The van der Waals surface area contributed by atoms with Crippen LogP contribution >= 0.6 is 0 Å². The molecule has 206 valence electrons. The first-order valence-electron chi connectivity index (χ1n) is 13.4. The fourth-order valence-corrected chi connectivity index (χ4v) is 5.17. The Morgan fingerprint density at radius 2 is 1.97 bits per heavy atom. The number of hydrogen-bond donors (Lipinski definition) is 0. The number of nitriles is 1. The van der Waals surface area contributed by atoms with Crippen LogP contribution in [0.25, 0.3) is 16.9 Å². The van der Waals surface area contributed by atoms with E-state index in [2.05, 4.69) is 16.2 Å². The van der Waals surface area contributed by atoms with Gasteiger partial charge in [-0.25, -0.2) is 14.5 Å². The smallest absolute Gasteiger partial charge is 0.410 e. The number of likely N-dealkylation sites (tertiary alicyclic amines) is 1. The first kappa shape index (κ1) is 26.7. The number of nitrogens with zero attached hydrogens (tertiary/aromatic N) is 7. The molecule has 1 amide bonds. The predicted molar refractivity (Wildman–Crippen MR) is 143 cm³/mol. The molecule has 2 aliphatic rings. The SMILES string of the molecule is COc1ncc(-n2nc(-c3cnn(CC4CCN(C(=O)OC(C)(C)C)CC4)c3)c3c2CCOCC3)cc1C#N. The lowest BCUT2D eigenvalue weighted by Crippen LogP contribution is -2.42. The van der Waals surface area contributed by atoms with Crippen molar-refractivity contribution in [2.45, 2.75) is 58.6 Å². The van der Waals surface area contributed by atoms with Crippen LogP contribution in [-0.2, 0) is 28.9 Å². The zero-order valence-corrected chi connectivity index (χ0v) is 23.0. The molecule has 0 radical (unpaired) electrons. The number of methoxy groups -OCH3 is 1. The number of pyridine rings is 1. The maximum Gasteiger partial charge on any atom is 0.410 e. The summed E-state index contributed by atoms with van der Waals surface area (Å²) in [6, 6.07) is 3.90. The Bertz CT molecular complexity index is 1370. The largest absolute Gasteiger partial charge is 0.480 e. The Kier molecular flexibility index (Phi) is 7.57. The molecule has 5 rings (SSSR count). The molecule has 0 aliphatic carbocycles. The van der Waals surface area contributed by atoms with E-state index in [0.29, 0.717) is 55.8 Å². The van der Waals surface area contributed by atoms with E-state index >= 15 is 0 Å². The Balaban J connectivity index is 1.34. The van der Waals surface area contributed by atoms with Crippen molar-refractivity contribution in [3.63, 3.8) is 0 Å². The van der Waals surface area contributed by atoms with Crippen molar-refractivity contribution in [1.29, 1.82) is 5.26 Å². The van der Waals surface area contributed by atoms with Crippen molar-refractivity contribution in [3.05, 3.63) is 41.5 Å². The number of amides is 1. The highest BCUT2D eigenvalue weighted by molar-refractivity contribution is 5.68. The summed E-state index contributed by atoms with van der Waals surface area (Å²) >= 11 is 0. The molecule has 1 saturated heterocycles. The van der Waals surface area contributed by atoms with Gasteiger partial charge in [0.05, 0.1) is 49.8 Å². The molecule has 0 atom stereocenters. The monoisotopic (exact) mass is 533 g/mol. The summed E-state index contributed by atoms with van der Waals surface area (Å²) in [4.78, 5) is 18.5. The van der Waals surface area contributed by atoms with Gasteiger partial charge in [-0.05, 0) is 52.0 Å². The molecule has 0 unspecified atom stereocenters. The van der Waals surface area contributed by atoms with E-state index < -0.39 is 5.60 Å². The van der Waals surface area contributed by atoms with E-state index in [-0.39, 0.29) is 6.09 Å². The van der Waals surface area contributed by atoms with Gasteiger partial charge in [0.25, 0.3) is 0 Å². The van der Waals surface area contributed by atoms with E-state index in [4.69, 9.17) is 19.3 Å². The predicted octanol–water partition coefficient (Wildman–Crippen LogP) is 3.77. The summed E-state index contributed by atoms with van der Waals surface area (Å²) in [5.74, 6) is 0.718. The van der Waals surface area contributed by atoms with E-state index in [1.54, 1.807) is 17.2 Å². The van der Waals surface area contributed by atoms with Crippen LogP contribution in [-0.4, -0.2) is 74.6 Å². The number of carbonyl (C=O) groups is 1. The molecule has 2 aliphatic heterocycles. The summed E-state index contributed by atoms with van der Waals surface area (Å²) < 4.78 is 20.4. The lowest BCUT2D eigenvalue weighted by Gasteiger charge is -2.33. The topological polar surface area (TPSA) is 120 Å². The van der Waals surface area contributed by atoms with Crippen LogP contribution < -0.4 is 4.74 Å². The molecule has 0 saturated carbocycles. The van der Waals surface area contributed by atoms with Gasteiger partial charge in [0.2, 0.25) is 5.88 Å². The van der Waals surface area contributed by atoms with Gasteiger partial charge in [0.1, 0.15) is 17.2 Å². The van der Waals surface area contributed by atoms with Crippen LogP contribution in [0.1, 0.15) is 50.4 Å². The van der Waals surface area contributed by atoms with Gasteiger partial charge in [0, 0.05) is 43.4 Å². The summed E-state index contributed by atoms with van der Waals surface area (Å²) in [5, 5.41) is 19.2. The van der Waals surface area contributed by atoms with Gasteiger partial charge in [-0.1, -0.05) is 0 Å². The van der Waals surface area contributed by atoms with Gasteiger partial charge in [-0.2, -0.15) is 15.5 Å². The first-order chi connectivity index (χ1) is 18.8. The second kappa shape index (κ2) is 11.1. The lowest BCUT2D eigenvalue weighted by molar-refractivity contribution is 0.0177. The summed E-state index contributed by atoms with van der Waals surface area (Å²) in [5.41, 5.74) is 4.58. The zero-order valence-electron chi connectivity index (χ0n) is 23.0. The second-order valence-corrected chi connectivity index (χ2v) is 11.0. The third-order valence-electron chi connectivity index (χ3n) is 7.08. The van der Waals surface area contributed by atoms with E-state index in [1.165, 1.54) is 7.11 Å². The number of fused-ring (bicyclic) bond motifs is 1.